The molecule has 0 radical (unpaired) electrons. The van der Waals surface area contributed by atoms with Crippen LogP contribution < -0.4 is 5.73 Å². The summed E-state index contributed by atoms with van der Waals surface area (Å²) in [6.45, 7) is 0. The Morgan fingerprint density at radius 1 is 1.41 bits per heavy atom. The van der Waals surface area contributed by atoms with Crippen LogP contribution in [0, 0.1) is 0 Å². The van der Waals surface area contributed by atoms with Gasteiger partial charge in [-0.25, -0.2) is 4.98 Å². The summed E-state index contributed by atoms with van der Waals surface area (Å²) in [5, 5.41) is 9.47. The molecular weight excluding hydrogens is 214 g/mol. The number of imidazole rings is 1. The van der Waals surface area contributed by atoms with Gasteiger partial charge in [-0.3, -0.25) is 0 Å². The third-order valence-electron chi connectivity index (χ3n) is 3.80. The van der Waals surface area contributed by atoms with Gasteiger partial charge in [-0.15, -0.1) is 0 Å². The van der Waals surface area contributed by atoms with E-state index in [1.807, 2.05) is 13.1 Å². The third-order valence-corrected chi connectivity index (χ3v) is 3.80. The molecule has 0 aliphatic heterocycles. The number of aromatic nitrogens is 2. The van der Waals surface area contributed by atoms with E-state index in [4.69, 9.17) is 5.73 Å². The first-order valence-corrected chi connectivity index (χ1v) is 6.08. The van der Waals surface area contributed by atoms with Gasteiger partial charge >= 0.3 is 0 Å². The van der Waals surface area contributed by atoms with E-state index < -0.39 is 0 Å². The summed E-state index contributed by atoms with van der Waals surface area (Å²) in [6, 6.07) is 5.53. The molecule has 1 fully saturated rings. The van der Waals surface area contributed by atoms with Gasteiger partial charge in [0.1, 0.15) is 11.6 Å². The van der Waals surface area contributed by atoms with Gasteiger partial charge in [-0.2, -0.15) is 0 Å². The molecule has 2 unspecified atom stereocenters. The summed E-state index contributed by atoms with van der Waals surface area (Å²) in [6.07, 6.45) is 3.38. The zero-order valence-electron chi connectivity index (χ0n) is 9.93. The quantitative estimate of drug-likeness (QED) is 0.787. The Bertz CT molecular complexity index is 561. The average molecular weight is 231 g/mol. The lowest BCUT2D eigenvalue weighted by Gasteiger charge is -2.14. The fraction of sp³-hybridized carbons (Fsp3) is 0.462. The number of hydrogen-bond acceptors (Lipinski definition) is 3. The molecule has 2 atom stereocenters. The van der Waals surface area contributed by atoms with E-state index in [-0.39, 0.29) is 11.8 Å². The molecule has 17 heavy (non-hydrogen) atoms. The summed E-state index contributed by atoms with van der Waals surface area (Å²) in [4.78, 5) is 4.63. The molecule has 1 aliphatic rings. The zero-order valence-corrected chi connectivity index (χ0v) is 9.93. The van der Waals surface area contributed by atoms with Crippen LogP contribution in [0.5, 0.6) is 5.75 Å². The predicted molar refractivity (Wildman–Crippen MR) is 66.9 cm³/mol. The Morgan fingerprint density at radius 2 is 2.24 bits per heavy atom. The van der Waals surface area contributed by atoms with E-state index in [2.05, 4.69) is 9.55 Å². The van der Waals surface area contributed by atoms with Crippen molar-refractivity contribution in [2.45, 2.75) is 31.2 Å². The largest absolute Gasteiger partial charge is 0.508 e. The van der Waals surface area contributed by atoms with E-state index in [9.17, 15) is 5.11 Å². The van der Waals surface area contributed by atoms with Crippen molar-refractivity contribution in [2.75, 3.05) is 0 Å². The summed E-state index contributed by atoms with van der Waals surface area (Å²) in [5.41, 5.74) is 8.03. The SMILES string of the molecule is Cn1c(C2CCCC2N)nc2cc(O)ccc21. The van der Waals surface area contributed by atoms with Crippen LogP contribution in [-0.2, 0) is 7.05 Å². The molecule has 90 valence electrons. The van der Waals surface area contributed by atoms with Gasteiger partial charge < -0.3 is 15.4 Å². The summed E-state index contributed by atoms with van der Waals surface area (Å²) in [7, 11) is 2.02. The summed E-state index contributed by atoms with van der Waals surface area (Å²) >= 11 is 0. The molecule has 1 heterocycles. The maximum atomic E-state index is 9.47. The number of rotatable bonds is 1. The van der Waals surface area contributed by atoms with Crippen molar-refractivity contribution in [2.24, 2.45) is 12.8 Å². The number of benzene rings is 1. The second kappa shape index (κ2) is 3.74. The van der Waals surface area contributed by atoms with Crippen LogP contribution in [0.2, 0.25) is 0 Å². The van der Waals surface area contributed by atoms with Crippen LogP contribution in [0.4, 0.5) is 0 Å². The molecule has 1 aliphatic carbocycles. The van der Waals surface area contributed by atoms with E-state index in [0.29, 0.717) is 5.92 Å². The number of phenolic OH excluding ortho intramolecular Hbond substituents is 1. The van der Waals surface area contributed by atoms with Crippen LogP contribution in [0.25, 0.3) is 11.0 Å². The maximum Gasteiger partial charge on any atom is 0.117 e. The number of phenols is 1. The molecule has 3 N–H and O–H groups in total. The molecule has 0 amide bonds. The maximum absolute atomic E-state index is 9.47. The number of nitrogens with zero attached hydrogens (tertiary/aromatic N) is 2. The van der Waals surface area contributed by atoms with E-state index in [1.54, 1.807) is 12.1 Å². The van der Waals surface area contributed by atoms with Crippen molar-refractivity contribution in [3.8, 4) is 5.75 Å². The minimum Gasteiger partial charge on any atom is -0.508 e. The minimum atomic E-state index is 0.221. The molecule has 0 saturated heterocycles. The highest BCUT2D eigenvalue weighted by atomic mass is 16.3. The van der Waals surface area contributed by atoms with Gasteiger partial charge in [0.25, 0.3) is 0 Å². The molecule has 2 aromatic rings. The van der Waals surface area contributed by atoms with Crippen LogP contribution in [-0.4, -0.2) is 20.7 Å². The fourth-order valence-corrected chi connectivity index (χ4v) is 2.85. The number of fused-ring (bicyclic) bond motifs is 1. The van der Waals surface area contributed by atoms with E-state index in [1.165, 1.54) is 6.42 Å². The number of aromatic hydroxyl groups is 1. The Morgan fingerprint density at radius 3 is 2.94 bits per heavy atom. The Kier molecular flexibility index (Phi) is 2.33. The van der Waals surface area contributed by atoms with Gasteiger partial charge in [0.05, 0.1) is 11.0 Å². The smallest absolute Gasteiger partial charge is 0.117 e. The van der Waals surface area contributed by atoms with Crippen molar-refractivity contribution in [1.29, 1.82) is 0 Å². The van der Waals surface area contributed by atoms with Gasteiger partial charge in [0.2, 0.25) is 0 Å². The Hall–Kier alpha value is -1.55. The van der Waals surface area contributed by atoms with Gasteiger partial charge in [0, 0.05) is 25.1 Å². The number of hydrogen-bond donors (Lipinski definition) is 2. The lowest BCUT2D eigenvalue weighted by atomic mass is 10.0. The predicted octanol–water partition coefficient (Wildman–Crippen LogP) is 1.87. The van der Waals surface area contributed by atoms with Crippen molar-refractivity contribution >= 4 is 11.0 Å². The molecule has 0 spiro atoms. The first-order chi connectivity index (χ1) is 8.16. The second-order valence-electron chi connectivity index (χ2n) is 4.90. The van der Waals surface area contributed by atoms with Crippen LogP contribution in [0.1, 0.15) is 31.0 Å². The molecule has 1 aromatic carbocycles. The van der Waals surface area contributed by atoms with Crippen molar-refractivity contribution in [3.63, 3.8) is 0 Å². The van der Waals surface area contributed by atoms with Crippen molar-refractivity contribution < 1.29 is 5.11 Å². The summed E-state index contributed by atoms with van der Waals surface area (Å²) < 4.78 is 2.10. The molecule has 4 nitrogen and oxygen atoms in total. The normalized spacial score (nSPS) is 24.6. The van der Waals surface area contributed by atoms with Crippen LogP contribution >= 0.6 is 0 Å². The van der Waals surface area contributed by atoms with E-state index >= 15 is 0 Å². The number of nitrogens with two attached hydrogens (primary N) is 1. The molecule has 1 aromatic heterocycles. The lowest BCUT2D eigenvalue weighted by molar-refractivity contribution is 0.476. The zero-order chi connectivity index (χ0) is 12.0. The highest BCUT2D eigenvalue weighted by molar-refractivity contribution is 5.77. The summed E-state index contributed by atoms with van der Waals surface area (Å²) in [5.74, 6) is 1.67. The average Bonchev–Trinajstić information content (AvgIpc) is 2.83. The molecule has 1 saturated carbocycles. The lowest BCUT2D eigenvalue weighted by Crippen LogP contribution is -2.24. The molecule has 4 heteroatoms. The third kappa shape index (κ3) is 1.60. The standard InChI is InChI=1S/C13H17N3O/c1-16-12-6-5-8(17)7-11(12)15-13(16)9-3-2-4-10(9)14/h5-7,9-10,17H,2-4,14H2,1H3. The first kappa shape index (κ1) is 10.6. The van der Waals surface area contributed by atoms with Gasteiger partial charge in [-0.05, 0) is 25.0 Å². The highest BCUT2D eigenvalue weighted by Crippen LogP contribution is 2.34. The van der Waals surface area contributed by atoms with Gasteiger partial charge in [0.15, 0.2) is 0 Å². The monoisotopic (exact) mass is 231 g/mol. The fourth-order valence-electron chi connectivity index (χ4n) is 2.85. The van der Waals surface area contributed by atoms with Crippen LogP contribution in [0.15, 0.2) is 18.2 Å². The first-order valence-electron chi connectivity index (χ1n) is 6.08. The molecule has 0 bridgehead atoms. The van der Waals surface area contributed by atoms with Crippen molar-refractivity contribution in [3.05, 3.63) is 24.0 Å². The number of aryl methyl sites for hydroxylation is 1. The second-order valence-corrected chi connectivity index (χ2v) is 4.90. The minimum absolute atomic E-state index is 0.221. The van der Waals surface area contributed by atoms with Crippen molar-refractivity contribution in [1.82, 2.24) is 9.55 Å². The topological polar surface area (TPSA) is 64.1 Å². The van der Waals surface area contributed by atoms with Crippen LogP contribution in [0.3, 0.4) is 0 Å². The Labute approximate surface area is 100 Å². The Balaban J connectivity index is 2.14. The van der Waals surface area contributed by atoms with E-state index in [0.717, 1.165) is 29.7 Å². The molecular formula is C13H17N3O. The highest BCUT2D eigenvalue weighted by Gasteiger charge is 2.29. The van der Waals surface area contributed by atoms with Gasteiger partial charge in [-0.1, -0.05) is 6.42 Å². The molecule has 3 rings (SSSR count).